The quantitative estimate of drug-likeness (QED) is 0.387. The Morgan fingerprint density at radius 1 is 0.688 bits per heavy atom. The molecule has 0 unspecified atom stereocenters. The lowest BCUT2D eigenvalue weighted by Gasteiger charge is -2.12. The summed E-state index contributed by atoms with van der Waals surface area (Å²) in [7, 11) is 7.92. The highest BCUT2D eigenvalue weighted by atomic mass is 16.5. The summed E-state index contributed by atoms with van der Waals surface area (Å²) in [5.74, 6) is 1.43. The monoisotopic (exact) mass is 448 g/mol. The number of ether oxygens (including phenoxy) is 2. The maximum absolute atomic E-state index is 9.70. The lowest BCUT2D eigenvalue weighted by atomic mass is 10.1. The highest BCUT2D eigenvalue weighted by molar-refractivity contribution is 5.42. The molecule has 2 rings (SSSR count). The molecule has 2 aromatic rings. The van der Waals surface area contributed by atoms with Crippen molar-refractivity contribution >= 4 is 0 Å². The maximum atomic E-state index is 9.70. The molecule has 8 nitrogen and oxygen atoms in total. The predicted octanol–water partition coefficient (Wildman–Crippen LogP) is 1.67. The lowest BCUT2D eigenvalue weighted by Crippen LogP contribution is -2.19. The number of phenolic OH excluding ortho intramolecular Hbond substituents is 2. The molecule has 0 radical (unpaired) electrons. The van der Waals surface area contributed by atoms with Crippen molar-refractivity contribution in [3.8, 4) is 23.0 Å². The van der Waals surface area contributed by atoms with Crippen molar-refractivity contribution in [2.75, 3.05) is 67.6 Å². The van der Waals surface area contributed by atoms with Gasteiger partial charge in [0.1, 0.15) is 13.2 Å². The summed E-state index contributed by atoms with van der Waals surface area (Å²) in [6.07, 6.45) is 1.57. The molecule has 180 valence electrons. The van der Waals surface area contributed by atoms with Crippen LogP contribution in [0.25, 0.3) is 0 Å². The summed E-state index contributed by atoms with van der Waals surface area (Å²) < 4.78 is 11.0. The average molecular weight is 449 g/mol. The topological polar surface area (TPSA) is 117 Å². The zero-order valence-electron chi connectivity index (χ0n) is 19.9. The summed E-state index contributed by atoms with van der Waals surface area (Å²) in [5, 5.41) is 19.3. The Morgan fingerprint density at radius 3 is 1.69 bits per heavy atom. The van der Waals surface area contributed by atoms with Crippen LogP contribution in [0.3, 0.4) is 0 Å². The molecule has 0 aliphatic carbocycles. The molecule has 0 fully saturated rings. The number of phenols is 2. The molecule has 0 heterocycles. The summed E-state index contributed by atoms with van der Waals surface area (Å²) in [6.45, 7) is 3.95. The highest BCUT2D eigenvalue weighted by Gasteiger charge is 2.05. The summed E-state index contributed by atoms with van der Waals surface area (Å²) >= 11 is 0. The van der Waals surface area contributed by atoms with Crippen molar-refractivity contribution < 1.29 is 19.7 Å². The summed E-state index contributed by atoms with van der Waals surface area (Å²) in [6, 6.07) is 10.8. The zero-order chi connectivity index (χ0) is 23.9. The van der Waals surface area contributed by atoms with Crippen LogP contribution in [-0.4, -0.2) is 87.6 Å². The molecule has 0 saturated heterocycles. The molecule has 0 aromatic heterocycles. The van der Waals surface area contributed by atoms with Crippen molar-refractivity contribution in [1.82, 2.24) is 9.80 Å². The minimum Gasteiger partial charge on any atom is -0.504 e. The van der Waals surface area contributed by atoms with Crippen molar-refractivity contribution in [3.05, 3.63) is 47.5 Å². The number of benzene rings is 2. The van der Waals surface area contributed by atoms with Crippen LogP contribution in [0.5, 0.6) is 23.0 Å². The zero-order valence-corrected chi connectivity index (χ0v) is 19.9. The van der Waals surface area contributed by atoms with Crippen LogP contribution in [0.4, 0.5) is 0 Å². The van der Waals surface area contributed by atoms with E-state index < -0.39 is 0 Å². The molecular weight excluding hydrogens is 408 g/mol. The van der Waals surface area contributed by atoms with Gasteiger partial charge in [0.2, 0.25) is 0 Å². The van der Waals surface area contributed by atoms with Gasteiger partial charge >= 0.3 is 0 Å². The van der Waals surface area contributed by atoms with Crippen LogP contribution in [0, 0.1) is 0 Å². The largest absolute Gasteiger partial charge is 0.504 e. The fourth-order valence-corrected chi connectivity index (χ4v) is 2.68. The van der Waals surface area contributed by atoms with Gasteiger partial charge in [-0.25, -0.2) is 0 Å². The lowest BCUT2D eigenvalue weighted by molar-refractivity contribution is 0.252. The Labute approximate surface area is 192 Å². The molecule has 8 heteroatoms. The van der Waals surface area contributed by atoms with Gasteiger partial charge in [-0.2, -0.15) is 0 Å². The van der Waals surface area contributed by atoms with E-state index in [9.17, 15) is 10.2 Å². The first-order valence-corrected chi connectivity index (χ1v) is 10.9. The molecule has 0 saturated carbocycles. The molecule has 0 spiro atoms. The minimum atomic E-state index is 0.180. The number of hydrogen-bond acceptors (Lipinski definition) is 8. The van der Waals surface area contributed by atoms with E-state index in [4.69, 9.17) is 20.9 Å². The van der Waals surface area contributed by atoms with Crippen molar-refractivity contribution in [3.63, 3.8) is 0 Å². The second-order valence-corrected chi connectivity index (χ2v) is 7.98. The van der Waals surface area contributed by atoms with Gasteiger partial charge < -0.3 is 41.0 Å². The smallest absolute Gasteiger partial charge is 0.161 e. The molecule has 0 atom stereocenters. The van der Waals surface area contributed by atoms with Crippen LogP contribution >= 0.6 is 0 Å². The number of nitrogens with two attached hydrogens (primary N) is 2. The van der Waals surface area contributed by atoms with Gasteiger partial charge in [-0.15, -0.1) is 0 Å². The van der Waals surface area contributed by atoms with Crippen molar-refractivity contribution in [2.45, 2.75) is 12.8 Å². The second kappa shape index (κ2) is 15.3. The van der Waals surface area contributed by atoms with E-state index >= 15 is 0 Å². The summed E-state index contributed by atoms with van der Waals surface area (Å²) in [4.78, 5) is 4.06. The first-order valence-electron chi connectivity index (χ1n) is 10.9. The van der Waals surface area contributed by atoms with E-state index in [2.05, 4.69) is 0 Å². The van der Waals surface area contributed by atoms with Gasteiger partial charge in [0.15, 0.2) is 23.0 Å². The average Bonchev–Trinajstić information content (AvgIpc) is 2.72. The van der Waals surface area contributed by atoms with Gasteiger partial charge in [-0.05, 0) is 89.5 Å². The molecule has 0 bridgehead atoms. The third-order valence-corrected chi connectivity index (χ3v) is 4.51. The van der Waals surface area contributed by atoms with Crippen LogP contribution < -0.4 is 20.9 Å². The van der Waals surface area contributed by atoms with Gasteiger partial charge in [0.05, 0.1) is 0 Å². The second-order valence-electron chi connectivity index (χ2n) is 7.98. The molecule has 0 aliphatic rings. The first kappa shape index (κ1) is 27.5. The van der Waals surface area contributed by atoms with E-state index in [0.717, 1.165) is 37.1 Å². The van der Waals surface area contributed by atoms with E-state index in [0.29, 0.717) is 37.8 Å². The summed E-state index contributed by atoms with van der Waals surface area (Å²) in [5.41, 5.74) is 13.0. The standard InChI is InChI=1S/2C12H20N2O2/c1-14(2)7-8-16-12-4-3-10(5-6-13)9-11(12)15;1-14(2)7-8-16-12-9-10(5-6-13)3-4-11(12)15/h2*3-4,9,15H,5-8,13H2,1-2H3. The van der Waals surface area contributed by atoms with Gasteiger partial charge in [0, 0.05) is 13.1 Å². The van der Waals surface area contributed by atoms with Crippen molar-refractivity contribution in [2.24, 2.45) is 11.5 Å². The van der Waals surface area contributed by atoms with E-state index in [1.807, 2.05) is 56.2 Å². The van der Waals surface area contributed by atoms with Crippen LogP contribution in [0.2, 0.25) is 0 Å². The number of nitrogens with zero attached hydrogens (tertiary/aromatic N) is 2. The molecule has 32 heavy (non-hydrogen) atoms. The van der Waals surface area contributed by atoms with Crippen molar-refractivity contribution in [1.29, 1.82) is 0 Å². The normalized spacial score (nSPS) is 10.8. The highest BCUT2D eigenvalue weighted by Crippen LogP contribution is 2.27. The first-order chi connectivity index (χ1) is 15.3. The van der Waals surface area contributed by atoms with Crippen LogP contribution in [-0.2, 0) is 12.8 Å². The Bertz CT molecular complexity index is 785. The van der Waals surface area contributed by atoms with Gasteiger partial charge in [0.25, 0.3) is 0 Å². The number of hydrogen-bond donors (Lipinski definition) is 4. The third-order valence-electron chi connectivity index (χ3n) is 4.51. The molecule has 6 N–H and O–H groups in total. The maximum Gasteiger partial charge on any atom is 0.161 e. The Hall–Kier alpha value is -2.52. The third kappa shape index (κ3) is 11.2. The fraction of sp³-hybridized carbons (Fsp3) is 0.500. The minimum absolute atomic E-state index is 0.180. The van der Waals surface area contributed by atoms with Gasteiger partial charge in [-0.1, -0.05) is 12.1 Å². The van der Waals surface area contributed by atoms with E-state index in [1.165, 1.54) is 0 Å². The Balaban J connectivity index is 0.000000320. The molecule has 0 aliphatic heterocycles. The van der Waals surface area contributed by atoms with Crippen LogP contribution in [0.1, 0.15) is 11.1 Å². The number of rotatable bonds is 12. The fourth-order valence-electron chi connectivity index (χ4n) is 2.68. The Kier molecular flexibility index (Phi) is 13.2. The molecule has 0 amide bonds. The Morgan fingerprint density at radius 2 is 1.19 bits per heavy atom. The predicted molar refractivity (Wildman–Crippen MR) is 130 cm³/mol. The number of aromatic hydroxyl groups is 2. The van der Waals surface area contributed by atoms with E-state index in [1.54, 1.807) is 18.2 Å². The molecule has 2 aromatic carbocycles. The SMILES string of the molecule is CN(C)CCOc1cc(CCN)ccc1O.CN(C)CCOc1ccc(CCN)cc1O. The molecular formula is C24H40N4O4. The number of likely N-dealkylation sites (N-methyl/N-ethyl adjacent to an activating group) is 2. The van der Waals surface area contributed by atoms with E-state index in [-0.39, 0.29) is 11.5 Å². The van der Waals surface area contributed by atoms with Gasteiger partial charge in [-0.3, -0.25) is 0 Å². The van der Waals surface area contributed by atoms with Crippen LogP contribution in [0.15, 0.2) is 36.4 Å².